The van der Waals surface area contributed by atoms with E-state index < -0.39 is 0 Å². The maximum absolute atomic E-state index is 12.1. The lowest BCUT2D eigenvalue weighted by molar-refractivity contribution is -0.118. The second-order valence-electron chi connectivity index (χ2n) is 6.11. The van der Waals surface area contributed by atoms with E-state index in [1.54, 1.807) is 24.3 Å². The molecule has 3 rings (SSSR count). The normalized spacial score (nSPS) is 13.5. The minimum Gasteiger partial charge on any atom is -0.465 e. The summed E-state index contributed by atoms with van der Waals surface area (Å²) >= 11 is 1.41. The summed E-state index contributed by atoms with van der Waals surface area (Å²) in [5.41, 5.74) is 1.41. The summed E-state index contributed by atoms with van der Waals surface area (Å²) in [6, 6.07) is 6.97. The lowest BCUT2D eigenvalue weighted by Gasteiger charge is -2.08. The lowest BCUT2D eigenvalue weighted by atomic mass is 10.1. The van der Waals surface area contributed by atoms with Gasteiger partial charge in [0, 0.05) is 19.0 Å². The van der Waals surface area contributed by atoms with Crippen LogP contribution in [-0.2, 0) is 22.6 Å². The van der Waals surface area contributed by atoms with Crippen molar-refractivity contribution in [3.05, 3.63) is 41.2 Å². The molecule has 0 unspecified atom stereocenters. The molecule has 1 aromatic heterocycles. The summed E-state index contributed by atoms with van der Waals surface area (Å²) in [4.78, 5) is 23.5. The van der Waals surface area contributed by atoms with Crippen molar-refractivity contribution in [2.45, 2.75) is 43.9 Å². The van der Waals surface area contributed by atoms with Crippen molar-refractivity contribution in [2.75, 3.05) is 12.9 Å². The van der Waals surface area contributed by atoms with Crippen LogP contribution in [0.1, 0.15) is 47.4 Å². The summed E-state index contributed by atoms with van der Waals surface area (Å²) < 4.78 is 6.76. The van der Waals surface area contributed by atoms with E-state index in [9.17, 15) is 9.59 Å². The van der Waals surface area contributed by atoms with Crippen molar-refractivity contribution in [2.24, 2.45) is 0 Å². The van der Waals surface area contributed by atoms with Gasteiger partial charge < -0.3 is 14.6 Å². The van der Waals surface area contributed by atoms with Gasteiger partial charge in [0.1, 0.15) is 5.82 Å². The molecule has 138 valence electrons. The maximum atomic E-state index is 12.1. The molecule has 1 heterocycles. The monoisotopic (exact) mass is 374 g/mol. The van der Waals surface area contributed by atoms with Crippen LogP contribution in [0.5, 0.6) is 0 Å². The van der Waals surface area contributed by atoms with Gasteiger partial charge in [0.05, 0.1) is 18.4 Å². The van der Waals surface area contributed by atoms with Crippen LogP contribution >= 0.6 is 11.8 Å². The van der Waals surface area contributed by atoms with E-state index in [0.29, 0.717) is 23.8 Å². The smallest absolute Gasteiger partial charge is 0.337 e. The zero-order chi connectivity index (χ0) is 18.5. The fourth-order valence-electron chi connectivity index (χ4n) is 2.61. The summed E-state index contributed by atoms with van der Waals surface area (Å²) in [5, 5.41) is 12.2. The van der Waals surface area contributed by atoms with Crippen molar-refractivity contribution in [1.29, 1.82) is 0 Å². The number of benzene rings is 1. The molecule has 0 bridgehead atoms. The first-order valence-electron chi connectivity index (χ1n) is 8.62. The molecule has 1 aromatic carbocycles. The molecule has 1 N–H and O–H groups in total. The first-order chi connectivity index (χ1) is 12.6. The number of ether oxygens (including phenoxy) is 1. The largest absolute Gasteiger partial charge is 0.465 e. The van der Waals surface area contributed by atoms with E-state index in [1.807, 2.05) is 0 Å². The number of thioether (sulfide) groups is 1. The average Bonchev–Trinajstić information content (AvgIpc) is 3.44. The Morgan fingerprint density at radius 3 is 2.62 bits per heavy atom. The molecule has 26 heavy (non-hydrogen) atoms. The Bertz CT molecular complexity index is 784. The third kappa shape index (κ3) is 4.43. The molecule has 0 radical (unpaired) electrons. The van der Waals surface area contributed by atoms with Crippen molar-refractivity contribution in [3.63, 3.8) is 0 Å². The SMILES string of the molecule is CCn1c(SCC(=O)NCc2ccc(C(=O)OC)cc2)nnc1C1CC1. The minimum atomic E-state index is -0.373. The number of rotatable bonds is 8. The molecule has 8 heteroatoms. The van der Waals surface area contributed by atoms with Crippen LogP contribution in [-0.4, -0.2) is 39.5 Å². The molecule has 0 aliphatic heterocycles. The molecule has 1 amide bonds. The van der Waals surface area contributed by atoms with Gasteiger partial charge in [-0.2, -0.15) is 0 Å². The quantitative estimate of drug-likeness (QED) is 0.564. The van der Waals surface area contributed by atoms with Gasteiger partial charge in [0.25, 0.3) is 0 Å². The standard InChI is InChI=1S/C18H22N4O3S/c1-3-22-16(13-8-9-13)20-21-18(22)26-11-15(23)19-10-12-4-6-14(7-5-12)17(24)25-2/h4-7,13H,3,8-11H2,1-2H3,(H,19,23). The third-order valence-corrected chi connectivity index (χ3v) is 5.17. The van der Waals surface area contributed by atoms with E-state index >= 15 is 0 Å². The Hall–Kier alpha value is -2.35. The Morgan fingerprint density at radius 2 is 2.00 bits per heavy atom. The van der Waals surface area contributed by atoms with Crippen molar-refractivity contribution < 1.29 is 14.3 Å². The van der Waals surface area contributed by atoms with Crippen LogP contribution in [0.15, 0.2) is 29.4 Å². The summed E-state index contributed by atoms with van der Waals surface area (Å²) in [6.45, 7) is 3.29. The summed E-state index contributed by atoms with van der Waals surface area (Å²) in [7, 11) is 1.35. The van der Waals surface area contributed by atoms with Crippen molar-refractivity contribution >= 4 is 23.6 Å². The Labute approximate surface area is 156 Å². The fourth-order valence-corrected chi connectivity index (χ4v) is 3.45. The zero-order valence-electron chi connectivity index (χ0n) is 14.9. The number of esters is 1. The van der Waals surface area contributed by atoms with Crippen molar-refractivity contribution in [3.8, 4) is 0 Å². The Kier molecular flexibility index (Phi) is 5.92. The number of nitrogens with one attached hydrogen (secondary N) is 1. The van der Waals surface area contributed by atoms with Crippen LogP contribution in [0.3, 0.4) is 0 Å². The highest BCUT2D eigenvalue weighted by molar-refractivity contribution is 7.99. The molecule has 0 spiro atoms. The van der Waals surface area contributed by atoms with Crippen LogP contribution in [0.4, 0.5) is 0 Å². The second kappa shape index (κ2) is 8.35. The zero-order valence-corrected chi connectivity index (χ0v) is 15.7. The summed E-state index contributed by atoms with van der Waals surface area (Å²) in [6.07, 6.45) is 2.36. The number of nitrogens with zero attached hydrogens (tertiary/aromatic N) is 3. The Morgan fingerprint density at radius 1 is 1.27 bits per heavy atom. The van der Waals surface area contributed by atoms with E-state index in [4.69, 9.17) is 0 Å². The van der Waals surface area contributed by atoms with Gasteiger partial charge in [-0.15, -0.1) is 10.2 Å². The molecule has 0 atom stereocenters. The van der Waals surface area contributed by atoms with Crippen molar-refractivity contribution in [1.82, 2.24) is 20.1 Å². The highest BCUT2D eigenvalue weighted by Crippen LogP contribution is 2.39. The predicted molar refractivity (Wildman–Crippen MR) is 98.0 cm³/mol. The number of carbonyl (C=O) groups is 2. The van der Waals surface area contributed by atoms with Gasteiger partial charge >= 0.3 is 5.97 Å². The van der Waals surface area contributed by atoms with Crippen LogP contribution in [0.2, 0.25) is 0 Å². The van der Waals surface area contributed by atoms with Gasteiger partial charge in [-0.25, -0.2) is 4.79 Å². The number of amides is 1. The molecule has 0 saturated heterocycles. The Balaban J connectivity index is 1.48. The fraction of sp³-hybridized carbons (Fsp3) is 0.444. The number of hydrogen-bond donors (Lipinski definition) is 1. The predicted octanol–water partition coefficient (Wildman–Crippen LogP) is 2.37. The van der Waals surface area contributed by atoms with Gasteiger partial charge in [-0.3, -0.25) is 4.79 Å². The van der Waals surface area contributed by atoms with Gasteiger partial charge in [-0.05, 0) is 37.5 Å². The lowest BCUT2D eigenvalue weighted by Crippen LogP contribution is -2.24. The molecular weight excluding hydrogens is 352 g/mol. The number of hydrogen-bond acceptors (Lipinski definition) is 6. The molecule has 1 aliphatic carbocycles. The molecule has 1 fully saturated rings. The first kappa shape index (κ1) is 18.4. The van der Waals surface area contributed by atoms with E-state index in [0.717, 1.165) is 23.1 Å². The van der Waals surface area contributed by atoms with Crippen LogP contribution in [0, 0.1) is 0 Å². The van der Waals surface area contributed by atoms with Crippen LogP contribution in [0.25, 0.3) is 0 Å². The van der Waals surface area contributed by atoms with E-state index in [-0.39, 0.29) is 11.9 Å². The van der Waals surface area contributed by atoms with Crippen LogP contribution < -0.4 is 5.32 Å². The van der Waals surface area contributed by atoms with Gasteiger partial charge in [0.2, 0.25) is 5.91 Å². The summed E-state index contributed by atoms with van der Waals surface area (Å²) in [5.74, 6) is 1.44. The first-order valence-corrected chi connectivity index (χ1v) is 9.60. The highest BCUT2D eigenvalue weighted by atomic mass is 32.2. The van der Waals surface area contributed by atoms with E-state index in [2.05, 4.69) is 31.7 Å². The molecule has 7 nitrogen and oxygen atoms in total. The second-order valence-corrected chi connectivity index (χ2v) is 7.06. The molecule has 1 saturated carbocycles. The maximum Gasteiger partial charge on any atom is 0.337 e. The third-order valence-electron chi connectivity index (χ3n) is 4.20. The topological polar surface area (TPSA) is 86.1 Å². The number of aromatic nitrogens is 3. The molecule has 2 aromatic rings. The van der Waals surface area contributed by atoms with Gasteiger partial charge in [0.15, 0.2) is 5.16 Å². The number of carbonyl (C=O) groups excluding carboxylic acids is 2. The minimum absolute atomic E-state index is 0.0642. The molecular formula is C18H22N4O3S. The highest BCUT2D eigenvalue weighted by Gasteiger charge is 2.30. The average molecular weight is 374 g/mol. The molecule has 1 aliphatic rings. The number of methoxy groups -OCH3 is 1. The van der Waals surface area contributed by atoms with Gasteiger partial charge in [-0.1, -0.05) is 23.9 Å². The van der Waals surface area contributed by atoms with E-state index in [1.165, 1.54) is 31.7 Å².